The molecule has 0 rings (SSSR count). The number of ether oxygens (including phenoxy) is 1. The van der Waals surface area contributed by atoms with Gasteiger partial charge in [-0.05, 0) is 24.1 Å². The Kier molecular flexibility index (Phi) is 6.83. The van der Waals surface area contributed by atoms with Gasteiger partial charge in [0.25, 0.3) is 0 Å². The second kappa shape index (κ2) is 7.01. The Morgan fingerprint density at radius 2 is 1.93 bits per heavy atom. The van der Waals surface area contributed by atoms with Crippen molar-refractivity contribution in [3.05, 3.63) is 0 Å². The first-order valence-corrected chi connectivity index (χ1v) is 5.37. The Morgan fingerprint density at radius 3 is 2.43 bits per heavy atom. The molecule has 3 nitrogen and oxygen atoms in total. The summed E-state index contributed by atoms with van der Waals surface area (Å²) in [6.45, 7) is 9.05. The van der Waals surface area contributed by atoms with Crippen molar-refractivity contribution in [2.75, 3.05) is 26.8 Å². The molecule has 0 aliphatic rings. The van der Waals surface area contributed by atoms with Gasteiger partial charge in [0.15, 0.2) is 5.11 Å². The number of hydrogen-bond acceptors (Lipinski definition) is 2. The molecule has 0 aromatic rings. The summed E-state index contributed by atoms with van der Waals surface area (Å²) < 4.78 is 4.93. The molecule has 84 valence electrons. The van der Waals surface area contributed by atoms with Crippen molar-refractivity contribution >= 4 is 17.3 Å². The molecule has 0 spiro atoms. The number of hydrogen-bond donors (Lipinski definition) is 2. The van der Waals surface area contributed by atoms with Crippen molar-refractivity contribution in [1.29, 1.82) is 0 Å². The van der Waals surface area contributed by atoms with Gasteiger partial charge in [0.05, 0.1) is 0 Å². The molecule has 2 N–H and O–H groups in total. The summed E-state index contributed by atoms with van der Waals surface area (Å²) in [6.07, 6.45) is 0.980. The largest absolute Gasteiger partial charge is 0.385 e. The van der Waals surface area contributed by atoms with Gasteiger partial charge in [0, 0.05) is 26.8 Å². The molecule has 0 radical (unpaired) electrons. The fourth-order valence-corrected chi connectivity index (χ4v) is 1.00. The first-order valence-electron chi connectivity index (χ1n) is 4.96. The van der Waals surface area contributed by atoms with E-state index in [-0.39, 0.29) is 5.41 Å². The van der Waals surface area contributed by atoms with Crippen molar-refractivity contribution in [1.82, 2.24) is 10.6 Å². The molecule has 0 fully saturated rings. The highest BCUT2D eigenvalue weighted by Crippen LogP contribution is 2.09. The summed E-state index contributed by atoms with van der Waals surface area (Å²) in [4.78, 5) is 0. The standard InChI is InChI=1S/C10H22N2OS/c1-10(2,3)8-12-9(14)11-6-5-7-13-4/h5-8H2,1-4H3,(H2,11,12,14). The summed E-state index contributed by atoms with van der Waals surface area (Å²) in [6, 6.07) is 0. The third-order valence-electron chi connectivity index (χ3n) is 1.59. The number of thiocarbonyl (C=S) groups is 1. The van der Waals surface area contributed by atoms with E-state index in [9.17, 15) is 0 Å². The van der Waals surface area contributed by atoms with Crippen molar-refractivity contribution < 1.29 is 4.74 Å². The number of nitrogens with one attached hydrogen (secondary N) is 2. The van der Waals surface area contributed by atoms with Gasteiger partial charge < -0.3 is 15.4 Å². The van der Waals surface area contributed by atoms with Crippen LogP contribution in [0.1, 0.15) is 27.2 Å². The molecule has 0 aliphatic carbocycles. The average molecular weight is 218 g/mol. The lowest BCUT2D eigenvalue weighted by atomic mass is 9.97. The summed E-state index contributed by atoms with van der Waals surface area (Å²) in [5.74, 6) is 0. The van der Waals surface area contributed by atoms with E-state index in [2.05, 4.69) is 31.4 Å². The van der Waals surface area contributed by atoms with E-state index in [1.807, 2.05) is 0 Å². The normalized spacial score (nSPS) is 11.1. The first kappa shape index (κ1) is 13.7. The minimum atomic E-state index is 0.262. The van der Waals surface area contributed by atoms with Crippen molar-refractivity contribution in [2.45, 2.75) is 27.2 Å². The quantitative estimate of drug-likeness (QED) is 0.542. The Morgan fingerprint density at radius 1 is 1.29 bits per heavy atom. The topological polar surface area (TPSA) is 33.3 Å². The van der Waals surface area contributed by atoms with Crippen molar-refractivity contribution in [3.8, 4) is 0 Å². The van der Waals surface area contributed by atoms with E-state index in [1.165, 1.54) is 0 Å². The first-order chi connectivity index (χ1) is 6.45. The molecule has 0 amide bonds. The molecule has 0 aromatic heterocycles. The van der Waals surface area contributed by atoms with Crippen LogP contribution in [0.25, 0.3) is 0 Å². The Bertz CT molecular complexity index is 166. The van der Waals surface area contributed by atoms with E-state index in [1.54, 1.807) is 7.11 Å². The van der Waals surface area contributed by atoms with E-state index < -0.39 is 0 Å². The molecule has 0 aromatic carbocycles. The zero-order valence-corrected chi connectivity index (χ0v) is 10.5. The average Bonchev–Trinajstić information content (AvgIpc) is 2.08. The summed E-state index contributed by atoms with van der Waals surface area (Å²) in [7, 11) is 1.70. The molecule has 4 heteroatoms. The van der Waals surface area contributed by atoms with Gasteiger partial charge in [-0.3, -0.25) is 0 Å². The van der Waals surface area contributed by atoms with Crippen LogP contribution in [0.15, 0.2) is 0 Å². The van der Waals surface area contributed by atoms with Crippen LogP contribution in [0.3, 0.4) is 0 Å². The summed E-state index contributed by atoms with van der Waals surface area (Å²) in [5, 5.41) is 7.04. The summed E-state index contributed by atoms with van der Waals surface area (Å²) >= 11 is 5.11. The molecule has 14 heavy (non-hydrogen) atoms. The summed E-state index contributed by atoms with van der Waals surface area (Å²) in [5.41, 5.74) is 0.262. The van der Waals surface area contributed by atoms with Gasteiger partial charge >= 0.3 is 0 Å². The maximum absolute atomic E-state index is 5.11. The Balaban J connectivity index is 3.38. The second-order valence-electron chi connectivity index (χ2n) is 4.52. The highest BCUT2D eigenvalue weighted by Gasteiger charge is 2.09. The third-order valence-corrected chi connectivity index (χ3v) is 1.88. The van der Waals surface area contributed by atoms with Crippen LogP contribution in [-0.4, -0.2) is 31.9 Å². The maximum Gasteiger partial charge on any atom is 0.166 e. The van der Waals surface area contributed by atoms with Gasteiger partial charge in [-0.1, -0.05) is 20.8 Å². The van der Waals surface area contributed by atoms with Crippen LogP contribution in [0.2, 0.25) is 0 Å². The monoisotopic (exact) mass is 218 g/mol. The zero-order chi connectivity index (χ0) is 11.0. The molecule has 0 aliphatic heterocycles. The SMILES string of the molecule is COCCCNC(=S)NCC(C)(C)C. The lowest BCUT2D eigenvalue weighted by Gasteiger charge is -2.20. The molecule has 0 saturated heterocycles. The molecule has 0 atom stereocenters. The number of methoxy groups -OCH3 is 1. The zero-order valence-electron chi connectivity index (χ0n) is 9.64. The van der Waals surface area contributed by atoms with E-state index in [0.717, 1.165) is 31.2 Å². The van der Waals surface area contributed by atoms with Crippen LogP contribution in [0.5, 0.6) is 0 Å². The third kappa shape index (κ3) is 9.74. The molecule has 0 bridgehead atoms. The Hall–Kier alpha value is -0.350. The van der Waals surface area contributed by atoms with Crippen LogP contribution < -0.4 is 10.6 Å². The van der Waals surface area contributed by atoms with Gasteiger partial charge in [-0.2, -0.15) is 0 Å². The van der Waals surface area contributed by atoms with Gasteiger partial charge in [-0.15, -0.1) is 0 Å². The molecular formula is C10H22N2OS. The van der Waals surface area contributed by atoms with Crippen LogP contribution in [-0.2, 0) is 4.74 Å². The fraction of sp³-hybridized carbons (Fsp3) is 0.900. The van der Waals surface area contributed by atoms with Gasteiger partial charge in [-0.25, -0.2) is 0 Å². The van der Waals surface area contributed by atoms with Crippen molar-refractivity contribution in [3.63, 3.8) is 0 Å². The van der Waals surface area contributed by atoms with Crippen molar-refractivity contribution in [2.24, 2.45) is 5.41 Å². The van der Waals surface area contributed by atoms with E-state index in [0.29, 0.717) is 0 Å². The molecular weight excluding hydrogens is 196 g/mol. The van der Waals surface area contributed by atoms with E-state index >= 15 is 0 Å². The second-order valence-corrected chi connectivity index (χ2v) is 4.92. The highest BCUT2D eigenvalue weighted by atomic mass is 32.1. The van der Waals surface area contributed by atoms with E-state index in [4.69, 9.17) is 17.0 Å². The minimum Gasteiger partial charge on any atom is -0.385 e. The lowest BCUT2D eigenvalue weighted by Crippen LogP contribution is -2.40. The predicted molar refractivity (Wildman–Crippen MR) is 64.6 cm³/mol. The molecule has 0 unspecified atom stereocenters. The van der Waals surface area contributed by atoms with Crippen LogP contribution in [0, 0.1) is 5.41 Å². The fourth-order valence-electron chi connectivity index (χ4n) is 0.826. The molecule has 0 heterocycles. The van der Waals surface area contributed by atoms with Gasteiger partial charge in [0.2, 0.25) is 0 Å². The highest BCUT2D eigenvalue weighted by molar-refractivity contribution is 7.80. The molecule has 0 saturated carbocycles. The maximum atomic E-state index is 5.11. The number of rotatable bonds is 5. The predicted octanol–water partition coefficient (Wildman–Crippen LogP) is 1.53. The smallest absolute Gasteiger partial charge is 0.166 e. The lowest BCUT2D eigenvalue weighted by molar-refractivity contribution is 0.195. The van der Waals surface area contributed by atoms with Gasteiger partial charge in [0.1, 0.15) is 0 Å². The Labute approximate surface area is 92.6 Å². The van der Waals surface area contributed by atoms with Crippen LogP contribution >= 0.6 is 12.2 Å². The minimum absolute atomic E-state index is 0.262. The van der Waals surface area contributed by atoms with Crippen LogP contribution in [0.4, 0.5) is 0 Å².